The first-order valence-electron chi connectivity index (χ1n) is 5.89. The van der Waals surface area contributed by atoms with Crippen LogP contribution < -0.4 is 4.72 Å². The van der Waals surface area contributed by atoms with Crippen molar-refractivity contribution in [1.29, 1.82) is 0 Å². The molecule has 0 saturated carbocycles. The lowest BCUT2D eigenvalue weighted by Gasteiger charge is -2.10. The summed E-state index contributed by atoms with van der Waals surface area (Å²) in [5, 5.41) is 18.5. The number of ether oxygens (including phenoxy) is 1. The van der Waals surface area contributed by atoms with Gasteiger partial charge < -0.3 is 14.9 Å². The molecule has 116 valence electrons. The molecule has 3 N–H and O–H groups in total. The number of sulfonamides is 1. The predicted octanol–water partition coefficient (Wildman–Crippen LogP) is 0.785. The van der Waals surface area contributed by atoms with Crippen LogP contribution in [0.2, 0.25) is 0 Å². The number of phenols is 1. The maximum atomic E-state index is 11.8. The average Bonchev–Trinajstić information content (AvgIpc) is 2.40. The number of carbonyl (C=O) groups is 2. The van der Waals surface area contributed by atoms with Gasteiger partial charge in [0, 0.05) is 6.42 Å². The summed E-state index contributed by atoms with van der Waals surface area (Å²) in [4.78, 5) is 21.7. The smallest absolute Gasteiger partial charge is 0.339 e. The van der Waals surface area contributed by atoms with Crippen LogP contribution in [0.4, 0.5) is 5.69 Å². The first-order chi connectivity index (χ1) is 9.76. The highest BCUT2D eigenvalue weighted by Gasteiger charge is 2.18. The van der Waals surface area contributed by atoms with E-state index in [1.807, 2.05) is 0 Å². The van der Waals surface area contributed by atoms with Crippen LogP contribution in [-0.4, -0.2) is 43.4 Å². The van der Waals surface area contributed by atoms with Gasteiger partial charge in [-0.15, -0.1) is 0 Å². The van der Waals surface area contributed by atoms with Crippen molar-refractivity contribution in [2.75, 3.05) is 17.6 Å². The van der Waals surface area contributed by atoms with Crippen LogP contribution in [0, 0.1) is 0 Å². The van der Waals surface area contributed by atoms with Gasteiger partial charge in [-0.2, -0.15) is 0 Å². The Morgan fingerprint density at radius 2 is 2.00 bits per heavy atom. The van der Waals surface area contributed by atoms with Gasteiger partial charge in [0.05, 0.1) is 18.6 Å². The fourth-order valence-corrected chi connectivity index (χ4v) is 2.65. The van der Waals surface area contributed by atoms with E-state index in [1.54, 1.807) is 0 Å². The van der Waals surface area contributed by atoms with Gasteiger partial charge in [0.25, 0.3) is 0 Å². The molecule has 0 radical (unpaired) electrons. The molecule has 0 aromatic heterocycles. The van der Waals surface area contributed by atoms with E-state index in [1.165, 1.54) is 19.2 Å². The van der Waals surface area contributed by atoms with Crippen LogP contribution in [-0.2, 0) is 19.6 Å². The second-order valence-corrected chi connectivity index (χ2v) is 5.95. The minimum absolute atomic E-state index is 0.0430. The number of nitrogens with one attached hydrogen (secondary N) is 1. The number of methoxy groups -OCH3 is 1. The average molecular weight is 317 g/mol. The molecular weight excluding hydrogens is 302 g/mol. The van der Waals surface area contributed by atoms with Crippen LogP contribution >= 0.6 is 0 Å². The molecule has 0 atom stereocenters. The van der Waals surface area contributed by atoms with Crippen molar-refractivity contribution in [3.8, 4) is 5.75 Å². The largest absolute Gasteiger partial charge is 0.505 e. The van der Waals surface area contributed by atoms with E-state index in [0.29, 0.717) is 0 Å². The Labute approximate surface area is 121 Å². The van der Waals surface area contributed by atoms with Crippen LogP contribution in [0.1, 0.15) is 23.2 Å². The van der Waals surface area contributed by atoms with Crippen molar-refractivity contribution in [1.82, 2.24) is 0 Å². The van der Waals surface area contributed by atoms with Crippen molar-refractivity contribution in [2.45, 2.75) is 12.8 Å². The summed E-state index contributed by atoms with van der Waals surface area (Å²) >= 11 is 0. The zero-order valence-electron chi connectivity index (χ0n) is 11.2. The lowest BCUT2D eigenvalue weighted by molar-refractivity contribution is -0.140. The molecule has 0 aliphatic heterocycles. The number of benzene rings is 1. The number of rotatable bonds is 7. The maximum absolute atomic E-state index is 11.8. The quantitative estimate of drug-likeness (QED) is 0.500. The Bertz CT molecular complexity index is 639. The molecule has 0 heterocycles. The number of esters is 1. The van der Waals surface area contributed by atoms with Crippen LogP contribution in [0.15, 0.2) is 18.2 Å². The normalized spacial score (nSPS) is 10.9. The van der Waals surface area contributed by atoms with Gasteiger partial charge in [-0.25, -0.2) is 13.2 Å². The number of aromatic hydroxyl groups is 1. The molecule has 8 nitrogen and oxygen atoms in total. The van der Waals surface area contributed by atoms with Gasteiger partial charge in [0.15, 0.2) is 5.75 Å². The SMILES string of the molecule is COC(=O)CCCS(=O)(=O)Nc1cccc(C(=O)O)c1O. The van der Waals surface area contributed by atoms with Crippen LogP contribution in [0.25, 0.3) is 0 Å². The highest BCUT2D eigenvalue weighted by Crippen LogP contribution is 2.28. The molecule has 0 aliphatic carbocycles. The summed E-state index contributed by atoms with van der Waals surface area (Å²) in [6.07, 6.45) is -0.0139. The summed E-state index contributed by atoms with van der Waals surface area (Å²) in [7, 11) is -2.62. The molecule has 1 aromatic rings. The van der Waals surface area contributed by atoms with E-state index >= 15 is 0 Å². The number of anilines is 1. The molecule has 0 bridgehead atoms. The molecule has 21 heavy (non-hydrogen) atoms. The zero-order valence-corrected chi connectivity index (χ0v) is 12.0. The minimum Gasteiger partial charge on any atom is -0.505 e. The van der Waals surface area contributed by atoms with Gasteiger partial charge in [-0.1, -0.05) is 6.07 Å². The fourth-order valence-electron chi connectivity index (χ4n) is 1.53. The van der Waals surface area contributed by atoms with E-state index in [-0.39, 0.29) is 24.3 Å². The zero-order chi connectivity index (χ0) is 16.0. The van der Waals surface area contributed by atoms with E-state index in [4.69, 9.17) is 5.11 Å². The molecule has 0 amide bonds. The first-order valence-corrected chi connectivity index (χ1v) is 7.54. The Morgan fingerprint density at radius 1 is 1.33 bits per heavy atom. The minimum atomic E-state index is -3.81. The molecule has 9 heteroatoms. The number of hydrogen-bond acceptors (Lipinski definition) is 6. The van der Waals surface area contributed by atoms with Crippen molar-refractivity contribution < 1.29 is 33.0 Å². The number of carbonyl (C=O) groups excluding carboxylic acids is 1. The van der Waals surface area contributed by atoms with E-state index in [2.05, 4.69) is 9.46 Å². The third-order valence-electron chi connectivity index (χ3n) is 2.55. The van der Waals surface area contributed by atoms with Crippen LogP contribution in [0.3, 0.4) is 0 Å². The Hall–Kier alpha value is -2.29. The van der Waals surface area contributed by atoms with Crippen molar-refractivity contribution >= 4 is 27.6 Å². The number of para-hydroxylation sites is 1. The Balaban J connectivity index is 2.78. The number of aromatic carboxylic acids is 1. The van der Waals surface area contributed by atoms with Gasteiger partial charge in [0.2, 0.25) is 10.0 Å². The van der Waals surface area contributed by atoms with Crippen molar-refractivity contribution in [3.63, 3.8) is 0 Å². The summed E-state index contributed by atoms with van der Waals surface area (Å²) in [6.45, 7) is 0. The van der Waals surface area contributed by atoms with Crippen LogP contribution in [0.5, 0.6) is 5.75 Å². The van der Waals surface area contributed by atoms with E-state index < -0.39 is 33.3 Å². The topological polar surface area (TPSA) is 130 Å². The number of carboxylic acid groups (broad SMARTS) is 1. The molecule has 1 rings (SSSR count). The van der Waals surface area contributed by atoms with Crippen molar-refractivity contribution in [3.05, 3.63) is 23.8 Å². The van der Waals surface area contributed by atoms with Gasteiger partial charge in [-0.3, -0.25) is 9.52 Å². The maximum Gasteiger partial charge on any atom is 0.339 e. The molecule has 0 aliphatic rings. The monoisotopic (exact) mass is 317 g/mol. The summed E-state index contributed by atoms with van der Waals surface area (Å²) in [5.41, 5.74) is -0.641. The lowest BCUT2D eigenvalue weighted by atomic mass is 10.2. The van der Waals surface area contributed by atoms with E-state index in [0.717, 1.165) is 6.07 Å². The second kappa shape index (κ2) is 6.93. The highest BCUT2D eigenvalue weighted by molar-refractivity contribution is 7.92. The standard InChI is InChI=1S/C12H15NO7S/c1-20-10(14)6-3-7-21(18,19)13-9-5-2-4-8(11(9)15)12(16)17/h2,4-5,13,15H,3,6-7H2,1H3,(H,16,17). The fraction of sp³-hybridized carbons (Fsp3) is 0.333. The molecule has 1 aromatic carbocycles. The van der Waals surface area contributed by atoms with Gasteiger partial charge >= 0.3 is 11.9 Å². The summed E-state index contributed by atoms with van der Waals surface area (Å²) in [6, 6.07) is 3.68. The van der Waals surface area contributed by atoms with Gasteiger partial charge in [-0.05, 0) is 18.6 Å². The molecular formula is C12H15NO7S. The first kappa shape index (κ1) is 16.8. The number of carboxylic acids is 1. The molecule has 0 unspecified atom stereocenters. The van der Waals surface area contributed by atoms with Gasteiger partial charge in [0.1, 0.15) is 5.56 Å². The number of hydrogen-bond donors (Lipinski definition) is 3. The lowest BCUT2D eigenvalue weighted by Crippen LogP contribution is -2.18. The third kappa shape index (κ3) is 4.95. The Kier molecular flexibility index (Phi) is 5.53. The second-order valence-electron chi connectivity index (χ2n) is 4.11. The Morgan fingerprint density at radius 3 is 2.57 bits per heavy atom. The molecule has 0 fully saturated rings. The third-order valence-corrected chi connectivity index (χ3v) is 3.91. The summed E-state index contributed by atoms with van der Waals surface area (Å²) in [5.74, 6) is -2.93. The summed E-state index contributed by atoms with van der Waals surface area (Å²) < 4.78 is 30.0. The van der Waals surface area contributed by atoms with E-state index in [9.17, 15) is 23.1 Å². The molecule has 0 saturated heterocycles. The molecule has 0 spiro atoms. The highest BCUT2D eigenvalue weighted by atomic mass is 32.2. The predicted molar refractivity (Wildman–Crippen MR) is 73.7 cm³/mol. The van der Waals surface area contributed by atoms with Crippen molar-refractivity contribution in [2.24, 2.45) is 0 Å².